The first-order chi connectivity index (χ1) is 9.49. The summed E-state index contributed by atoms with van der Waals surface area (Å²) in [7, 11) is 0. The van der Waals surface area contributed by atoms with Crippen molar-refractivity contribution < 1.29 is 19.4 Å². The zero-order valence-corrected chi connectivity index (χ0v) is 10.8. The van der Waals surface area contributed by atoms with Crippen molar-refractivity contribution in [3.05, 3.63) is 35.9 Å². The number of nitrogens with two attached hydrogens (primary N) is 1. The van der Waals surface area contributed by atoms with Crippen LogP contribution in [0, 0.1) is 0 Å². The first-order valence-corrected chi connectivity index (χ1v) is 6.19. The lowest BCUT2D eigenvalue weighted by Crippen LogP contribution is -2.51. The maximum absolute atomic E-state index is 12.0. The van der Waals surface area contributed by atoms with Gasteiger partial charge in [-0.15, -0.1) is 0 Å². The summed E-state index contributed by atoms with van der Waals surface area (Å²) in [6, 6.07) is 6.81. The Morgan fingerprint density at radius 1 is 1.35 bits per heavy atom. The Morgan fingerprint density at radius 3 is 2.60 bits per heavy atom. The van der Waals surface area contributed by atoms with Gasteiger partial charge in [0, 0.05) is 18.4 Å². The van der Waals surface area contributed by atoms with Gasteiger partial charge in [0.15, 0.2) is 0 Å². The molecule has 6 heteroatoms. The first-order valence-electron chi connectivity index (χ1n) is 6.19. The number of aliphatic carboxylic acids is 1. The summed E-state index contributed by atoms with van der Waals surface area (Å²) in [4.78, 5) is 22.4. The molecule has 0 aromatic heterocycles. The average molecular weight is 276 g/mol. The molecule has 20 heavy (non-hydrogen) atoms. The molecule has 0 radical (unpaired) electrons. The minimum atomic E-state index is -1.01. The van der Waals surface area contributed by atoms with E-state index >= 15 is 0 Å². The zero-order valence-electron chi connectivity index (χ0n) is 10.8. The second kappa shape index (κ2) is 5.85. The normalized spacial score (nSPS) is 22.1. The monoisotopic (exact) mass is 276 g/mol. The number of benzene rings is 1. The molecule has 1 aromatic rings. The molecule has 0 saturated carbocycles. The smallest absolute Gasteiger partial charge is 0.328 e. The molecule has 4 N–H and O–H groups in total. The van der Waals surface area contributed by atoms with Gasteiger partial charge in [0.1, 0.15) is 5.54 Å². The van der Waals surface area contributed by atoms with Crippen LogP contribution in [0.25, 0.3) is 6.08 Å². The van der Waals surface area contributed by atoms with Gasteiger partial charge in [-0.2, -0.15) is 0 Å². The van der Waals surface area contributed by atoms with E-state index in [1.807, 2.05) is 0 Å². The van der Waals surface area contributed by atoms with Crippen LogP contribution in [0.2, 0.25) is 0 Å². The van der Waals surface area contributed by atoms with E-state index in [4.69, 9.17) is 15.6 Å². The molecule has 2 rings (SSSR count). The highest BCUT2D eigenvalue weighted by molar-refractivity contribution is 5.98. The number of ether oxygens (including phenoxy) is 1. The Bertz CT molecular complexity index is 531. The number of hydrogen-bond donors (Lipinski definition) is 3. The number of carboxylic acids is 1. The third-order valence-electron chi connectivity index (χ3n) is 3.09. The van der Waals surface area contributed by atoms with Crippen molar-refractivity contribution >= 4 is 23.6 Å². The molecule has 1 fully saturated rings. The molecule has 1 aromatic carbocycles. The van der Waals surface area contributed by atoms with Crippen molar-refractivity contribution in [1.29, 1.82) is 0 Å². The predicted molar refractivity (Wildman–Crippen MR) is 74.1 cm³/mol. The maximum Gasteiger partial charge on any atom is 0.328 e. The molecule has 1 heterocycles. The Kier molecular flexibility index (Phi) is 4.16. The van der Waals surface area contributed by atoms with E-state index in [1.165, 1.54) is 6.08 Å². The lowest BCUT2D eigenvalue weighted by Gasteiger charge is -2.20. The Hall–Kier alpha value is -2.18. The number of anilines is 1. The lowest BCUT2D eigenvalue weighted by atomic mass is 9.99. The van der Waals surface area contributed by atoms with E-state index in [0.717, 1.165) is 11.6 Å². The van der Waals surface area contributed by atoms with Gasteiger partial charge in [0.2, 0.25) is 5.91 Å². The summed E-state index contributed by atoms with van der Waals surface area (Å²) in [5.41, 5.74) is 6.32. The van der Waals surface area contributed by atoms with Crippen molar-refractivity contribution in [3.63, 3.8) is 0 Å². The van der Waals surface area contributed by atoms with Crippen LogP contribution < -0.4 is 11.1 Å². The zero-order chi connectivity index (χ0) is 14.6. The maximum atomic E-state index is 12.0. The molecular formula is C14H16N2O4. The summed E-state index contributed by atoms with van der Waals surface area (Å²) in [6.45, 7) is 0.709. The van der Waals surface area contributed by atoms with Crippen LogP contribution in [-0.2, 0) is 14.3 Å². The number of nitrogens with one attached hydrogen (secondary N) is 1. The molecule has 1 amide bonds. The van der Waals surface area contributed by atoms with E-state index in [-0.39, 0.29) is 12.5 Å². The molecule has 1 aliphatic heterocycles. The fourth-order valence-corrected chi connectivity index (χ4v) is 1.86. The molecule has 1 aliphatic rings. The number of rotatable bonds is 4. The first kappa shape index (κ1) is 14.2. The highest BCUT2D eigenvalue weighted by Crippen LogP contribution is 2.19. The number of amides is 1. The summed E-state index contributed by atoms with van der Waals surface area (Å²) >= 11 is 0. The highest BCUT2D eigenvalue weighted by atomic mass is 16.5. The highest BCUT2D eigenvalue weighted by Gasteiger charge is 2.38. The molecule has 1 unspecified atom stereocenters. The van der Waals surface area contributed by atoms with Crippen LogP contribution in [0.15, 0.2) is 30.3 Å². The van der Waals surface area contributed by atoms with Gasteiger partial charge in [-0.1, -0.05) is 12.1 Å². The topological polar surface area (TPSA) is 102 Å². The van der Waals surface area contributed by atoms with Gasteiger partial charge in [-0.05, 0) is 30.2 Å². The van der Waals surface area contributed by atoms with Crippen molar-refractivity contribution in [3.8, 4) is 0 Å². The lowest BCUT2D eigenvalue weighted by molar-refractivity contribution is -0.131. The Morgan fingerprint density at radius 2 is 2.05 bits per heavy atom. The van der Waals surface area contributed by atoms with Crippen molar-refractivity contribution in [2.45, 2.75) is 12.0 Å². The van der Waals surface area contributed by atoms with Crippen LogP contribution in [-0.4, -0.2) is 35.7 Å². The summed E-state index contributed by atoms with van der Waals surface area (Å²) in [5.74, 6) is -1.28. The molecule has 0 spiro atoms. The predicted octanol–water partition coefficient (Wildman–Crippen LogP) is 0.841. The van der Waals surface area contributed by atoms with Gasteiger partial charge < -0.3 is 20.9 Å². The number of carbonyl (C=O) groups is 2. The molecule has 1 atom stereocenters. The molecular weight excluding hydrogens is 260 g/mol. The molecule has 0 aliphatic carbocycles. The van der Waals surface area contributed by atoms with Crippen LogP contribution in [0.1, 0.15) is 12.0 Å². The standard InChI is InChI=1S/C14H16N2O4/c15-14(7-8-20-9-14)13(19)16-11-4-1-10(2-5-11)3-6-12(17)18/h1-6H,7-9,15H2,(H,16,19)(H,17,18)/b6-3+. The Labute approximate surface area is 116 Å². The van der Waals surface area contributed by atoms with Gasteiger partial charge in [0.25, 0.3) is 0 Å². The molecule has 1 saturated heterocycles. The second-order valence-electron chi connectivity index (χ2n) is 4.71. The van der Waals surface area contributed by atoms with Crippen molar-refractivity contribution in [2.75, 3.05) is 18.5 Å². The van der Waals surface area contributed by atoms with E-state index in [2.05, 4.69) is 5.32 Å². The van der Waals surface area contributed by atoms with Crippen LogP contribution in [0.4, 0.5) is 5.69 Å². The summed E-state index contributed by atoms with van der Waals surface area (Å²) in [6.07, 6.45) is 3.03. The third-order valence-corrected chi connectivity index (χ3v) is 3.09. The molecule has 0 bridgehead atoms. The SMILES string of the molecule is NC1(C(=O)Nc2ccc(/C=C/C(=O)O)cc2)CCOC1. The summed E-state index contributed by atoms with van der Waals surface area (Å²) in [5, 5.41) is 11.3. The van der Waals surface area contributed by atoms with E-state index in [0.29, 0.717) is 18.7 Å². The number of carbonyl (C=O) groups excluding carboxylic acids is 1. The second-order valence-corrected chi connectivity index (χ2v) is 4.71. The van der Waals surface area contributed by atoms with Crippen LogP contribution in [0.3, 0.4) is 0 Å². The van der Waals surface area contributed by atoms with Gasteiger partial charge in [-0.25, -0.2) is 4.79 Å². The van der Waals surface area contributed by atoms with Crippen molar-refractivity contribution in [1.82, 2.24) is 0 Å². The molecule has 6 nitrogen and oxygen atoms in total. The fourth-order valence-electron chi connectivity index (χ4n) is 1.86. The fraction of sp³-hybridized carbons (Fsp3) is 0.286. The quantitative estimate of drug-likeness (QED) is 0.707. The number of carboxylic acid groups (broad SMARTS) is 1. The molecule has 106 valence electrons. The largest absolute Gasteiger partial charge is 0.478 e. The van der Waals surface area contributed by atoms with Gasteiger partial charge in [0.05, 0.1) is 6.61 Å². The Balaban J connectivity index is 2.00. The average Bonchev–Trinajstić information content (AvgIpc) is 2.86. The summed E-state index contributed by atoms with van der Waals surface area (Å²) < 4.78 is 5.14. The van der Waals surface area contributed by atoms with Crippen molar-refractivity contribution in [2.24, 2.45) is 5.73 Å². The minimum absolute atomic E-state index is 0.221. The third kappa shape index (κ3) is 3.43. The van der Waals surface area contributed by atoms with E-state index in [9.17, 15) is 9.59 Å². The van der Waals surface area contributed by atoms with Crippen LogP contribution in [0.5, 0.6) is 0 Å². The minimum Gasteiger partial charge on any atom is -0.478 e. The van der Waals surface area contributed by atoms with Crippen LogP contribution >= 0.6 is 0 Å². The number of hydrogen-bond acceptors (Lipinski definition) is 4. The van der Waals surface area contributed by atoms with E-state index in [1.54, 1.807) is 24.3 Å². The van der Waals surface area contributed by atoms with Gasteiger partial charge >= 0.3 is 5.97 Å². The van der Waals surface area contributed by atoms with E-state index < -0.39 is 11.5 Å². The van der Waals surface area contributed by atoms with Gasteiger partial charge in [-0.3, -0.25) is 4.79 Å².